The van der Waals surface area contributed by atoms with Gasteiger partial charge in [-0.1, -0.05) is 45.9 Å². The smallest absolute Gasteiger partial charge is 0.272 e. The zero-order valence-electron chi connectivity index (χ0n) is 43.1. The van der Waals surface area contributed by atoms with Crippen molar-refractivity contribution in [2.24, 2.45) is 0 Å². The third-order valence-electron chi connectivity index (χ3n) is 12.8. The van der Waals surface area contributed by atoms with Gasteiger partial charge in [0.2, 0.25) is 47.3 Å². The number of carbonyl (C=O) groups excluding carboxylic acids is 10. The summed E-state index contributed by atoms with van der Waals surface area (Å²) < 4.78 is 0. The molecule has 2 fully saturated rings. The van der Waals surface area contributed by atoms with E-state index in [2.05, 4.69) is 41.2 Å². The SMILES string of the molecule is CSC[C@H]1C(=O)N(C)C[C@@H](NC(=O)c2cnc3ccccc3n2)C(=O)NCC(=O)N(C)[C@H]2CSSC[C@@H](C(=O)N1C)N(C)C(=O)CNC(=O)[C@H](NC(=O)c1cnc3ccccc3n1)CN(C)C(=O)[C@H](CSC)N(C)C2=O. The second-order valence-corrected chi connectivity index (χ2v) is 22.2. The van der Waals surface area contributed by atoms with E-state index in [1.165, 1.54) is 97.8 Å². The second-order valence-electron chi connectivity index (χ2n) is 17.9. The van der Waals surface area contributed by atoms with Crippen LogP contribution in [0, 0.1) is 0 Å². The zero-order valence-corrected chi connectivity index (χ0v) is 46.3. The number of carbonyl (C=O) groups is 10. The normalized spacial score (nSPS) is 22.9. The molecule has 76 heavy (non-hydrogen) atoms. The Morgan fingerprint density at radius 2 is 0.908 bits per heavy atom. The van der Waals surface area contributed by atoms with Gasteiger partial charge in [-0.15, -0.1) is 0 Å². The van der Waals surface area contributed by atoms with Crippen molar-refractivity contribution < 1.29 is 47.9 Å². The molecule has 6 atom stereocenters. The van der Waals surface area contributed by atoms with Gasteiger partial charge in [-0.05, 0) is 36.8 Å². The molecule has 0 aliphatic carbocycles. The summed E-state index contributed by atoms with van der Waals surface area (Å²) >= 11 is 2.50. The lowest BCUT2D eigenvalue weighted by atomic mass is 10.1. The Morgan fingerprint density at radius 3 is 1.26 bits per heavy atom. The Kier molecular flexibility index (Phi) is 20.6. The number of hydrogen-bond acceptors (Lipinski definition) is 18. The van der Waals surface area contributed by atoms with E-state index < -0.39 is 122 Å². The van der Waals surface area contributed by atoms with Crippen molar-refractivity contribution >= 4 is 126 Å². The third-order valence-corrected chi connectivity index (χ3v) is 16.5. The molecule has 6 rings (SSSR count). The van der Waals surface area contributed by atoms with E-state index in [9.17, 15) is 47.9 Å². The minimum atomic E-state index is -1.50. The van der Waals surface area contributed by atoms with Gasteiger partial charge in [0.25, 0.3) is 11.8 Å². The van der Waals surface area contributed by atoms with Gasteiger partial charge in [0.15, 0.2) is 0 Å². The van der Waals surface area contributed by atoms with E-state index in [-0.39, 0.29) is 34.4 Å². The van der Waals surface area contributed by atoms with Crippen molar-refractivity contribution in [3.63, 3.8) is 0 Å². The zero-order chi connectivity index (χ0) is 55.4. The van der Waals surface area contributed by atoms with Gasteiger partial charge in [0.1, 0.15) is 47.6 Å². The Bertz CT molecular complexity index is 2680. The summed E-state index contributed by atoms with van der Waals surface area (Å²) in [5.41, 5.74) is 1.56. The molecule has 24 nitrogen and oxygen atoms in total. The molecule has 10 amide bonds. The van der Waals surface area contributed by atoms with Crippen molar-refractivity contribution in [2.45, 2.75) is 36.3 Å². The maximum Gasteiger partial charge on any atom is 0.272 e. The number of hydrogen-bond donors (Lipinski definition) is 4. The van der Waals surface area contributed by atoms with Crippen LogP contribution in [-0.4, -0.2) is 249 Å². The first-order chi connectivity index (χ1) is 36.2. The molecule has 2 saturated heterocycles. The first-order valence-corrected chi connectivity index (χ1v) is 28.9. The number of fused-ring (bicyclic) bond motifs is 7. The molecule has 0 unspecified atom stereocenters. The van der Waals surface area contributed by atoms with Gasteiger partial charge < -0.3 is 50.7 Å². The summed E-state index contributed by atoms with van der Waals surface area (Å²) in [6.45, 7) is -2.25. The quantitative estimate of drug-likeness (QED) is 0.155. The number of para-hydroxylation sites is 4. The average molecular weight is 1120 g/mol. The molecule has 2 aliphatic rings. The number of benzene rings is 2. The molecule has 28 heteroatoms. The molecule has 2 bridgehead atoms. The summed E-state index contributed by atoms with van der Waals surface area (Å²) in [7, 11) is 10.5. The molecular weight excluding hydrogens is 1060 g/mol. The van der Waals surface area contributed by atoms with Gasteiger partial charge in [0, 0.05) is 78.4 Å². The summed E-state index contributed by atoms with van der Waals surface area (Å²) in [6.07, 6.45) is 5.92. The highest BCUT2D eigenvalue weighted by atomic mass is 33.1. The van der Waals surface area contributed by atoms with E-state index in [4.69, 9.17) is 0 Å². The number of thioether (sulfide) groups is 2. The summed E-state index contributed by atoms with van der Waals surface area (Å²) in [5, 5.41) is 10.3. The van der Waals surface area contributed by atoms with Crippen LogP contribution in [0.5, 0.6) is 0 Å². The van der Waals surface area contributed by atoms with Crippen molar-refractivity contribution in [2.75, 3.05) is 104 Å². The number of amides is 10. The fraction of sp³-hybridized carbons (Fsp3) is 0.458. The highest BCUT2D eigenvalue weighted by Crippen LogP contribution is 2.28. The summed E-state index contributed by atoms with van der Waals surface area (Å²) in [4.78, 5) is 167. The van der Waals surface area contributed by atoms with Crippen molar-refractivity contribution in [3.05, 3.63) is 72.3 Å². The maximum absolute atomic E-state index is 14.8. The molecule has 0 spiro atoms. The number of nitrogens with zero attached hydrogens (tertiary/aromatic N) is 10. The van der Waals surface area contributed by atoms with Gasteiger partial charge in [-0.3, -0.25) is 57.9 Å². The predicted octanol–water partition coefficient (Wildman–Crippen LogP) is -0.938. The minimum absolute atomic E-state index is 0.0637. The van der Waals surface area contributed by atoms with Crippen LogP contribution in [0.4, 0.5) is 0 Å². The topological polar surface area (TPSA) is 290 Å². The van der Waals surface area contributed by atoms with E-state index >= 15 is 0 Å². The van der Waals surface area contributed by atoms with Gasteiger partial charge in [-0.2, -0.15) is 23.5 Å². The number of rotatable bonds is 8. The first-order valence-electron chi connectivity index (χ1n) is 23.6. The fourth-order valence-electron chi connectivity index (χ4n) is 8.10. The molecule has 4 heterocycles. The first kappa shape index (κ1) is 58.5. The number of likely N-dealkylation sites (N-methyl/N-ethyl adjacent to an activating group) is 6. The molecule has 0 saturated carbocycles. The molecule has 4 aromatic rings. The van der Waals surface area contributed by atoms with Crippen LogP contribution in [0.2, 0.25) is 0 Å². The summed E-state index contributed by atoms with van der Waals surface area (Å²) in [5.74, 6) is -7.56. The highest BCUT2D eigenvalue weighted by molar-refractivity contribution is 8.76. The third kappa shape index (κ3) is 14.2. The molecule has 0 radical (unpaired) electrons. The monoisotopic (exact) mass is 1120 g/mol. The van der Waals surface area contributed by atoms with Gasteiger partial charge in [0.05, 0.1) is 47.6 Å². The lowest BCUT2D eigenvalue weighted by Gasteiger charge is -2.37. The van der Waals surface area contributed by atoms with Crippen LogP contribution in [0.15, 0.2) is 60.9 Å². The maximum atomic E-state index is 14.8. The molecular formula is C48H60N14O10S4. The van der Waals surface area contributed by atoms with Crippen LogP contribution in [0.25, 0.3) is 22.1 Å². The van der Waals surface area contributed by atoms with Gasteiger partial charge in [-0.25, -0.2) is 9.97 Å². The molecule has 2 aromatic heterocycles. The van der Waals surface area contributed by atoms with Crippen molar-refractivity contribution in [1.29, 1.82) is 0 Å². The highest BCUT2D eigenvalue weighted by Gasteiger charge is 2.40. The van der Waals surface area contributed by atoms with E-state index in [1.54, 1.807) is 61.0 Å². The molecule has 2 aliphatic heterocycles. The van der Waals surface area contributed by atoms with Crippen LogP contribution in [0.1, 0.15) is 21.0 Å². The molecule has 2 aromatic carbocycles. The van der Waals surface area contributed by atoms with Crippen molar-refractivity contribution in [3.8, 4) is 0 Å². The van der Waals surface area contributed by atoms with E-state index in [1.807, 2.05) is 0 Å². The Morgan fingerprint density at radius 1 is 0.553 bits per heavy atom. The standard InChI is InChI=1S/C48H60N14O10S4/c1-57-21-33(55-43(67)31-17-49-27-13-9-11-15-29(27)53-31)41(65)51-19-39(63)60(4)38-26-76-75-25-37(47(71)61(5)35(23-73-7)45(57)69)59(3)40(64)20-52-42(66)34(22-58(2)46(70)36(24-74-8)62(6)48(38)72)56-44(68)32-18-50-28-14-10-12-16-30(28)54-32/h9-18,33-38H,19-26H2,1-8H3,(H,51,65)(H,52,66)(H,55,67)(H,56,68)/t33-,34-,35+,36+,37+,38+/m1/s1. The van der Waals surface area contributed by atoms with Crippen LogP contribution in [0.3, 0.4) is 0 Å². The van der Waals surface area contributed by atoms with Crippen LogP contribution < -0.4 is 21.3 Å². The average Bonchev–Trinajstić information content (AvgIpc) is 3.42. The second kappa shape index (κ2) is 26.8. The lowest BCUT2D eigenvalue weighted by molar-refractivity contribution is -0.149. The van der Waals surface area contributed by atoms with E-state index in [0.29, 0.717) is 22.1 Å². The number of nitrogens with one attached hydrogen (secondary N) is 4. The Hall–Kier alpha value is -6.78. The Balaban J connectivity index is 1.38. The molecule has 406 valence electrons. The summed E-state index contributed by atoms with van der Waals surface area (Å²) in [6, 6.07) is 5.74. The van der Waals surface area contributed by atoms with E-state index in [0.717, 1.165) is 31.4 Å². The van der Waals surface area contributed by atoms with Crippen LogP contribution >= 0.6 is 45.1 Å². The van der Waals surface area contributed by atoms with Crippen molar-refractivity contribution in [1.82, 2.24) is 70.6 Å². The lowest BCUT2D eigenvalue weighted by Crippen LogP contribution is -2.61. The fourth-order valence-corrected chi connectivity index (χ4v) is 12.0. The number of aromatic nitrogens is 4. The largest absolute Gasteiger partial charge is 0.345 e. The molecule has 4 N–H and O–H groups in total. The minimum Gasteiger partial charge on any atom is -0.345 e. The van der Waals surface area contributed by atoms with Crippen LogP contribution in [-0.2, 0) is 38.4 Å². The predicted molar refractivity (Wildman–Crippen MR) is 291 cm³/mol. The van der Waals surface area contributed by atoms with Gasteiger partial charge >= 0.3 is 0 Å². The Labute approximate surface area is 455 Å².